The third-order valence-electron chi connectivity index (χ3n) is 5.57. The number of amides is 2. The van der Waals surface area contributed by atoms with Gasteiger partial charge in [0.05, 0.1) is 5.75 Å². The van der Waals surface area contributed by atoms with Crippen LogP contribution in [-0.2, 0) is 28.3 Å². The molecule has 3 rings (SSSR count). The van der Waals surface area contributed by atoms with Gasteiger partial charge in [-0.2, -0.15) is 0 Å². The highest BCUT2D eigenvalue weighted by molar-refractivity contribution is 7.99. The summed E-state index contributed by atoms with van der Waals surface area (Å²) in [5.74, 6) is 0.391. The number of nitrogens with one attached hydrogen (secondary N) is 1. The Bertz CT molecular complexity index is 1220. The fraction of sp³-hybridized carbons (Fsp3) is 0.310. The molecule has 196 valence electrons. The van der Waals surface area contributed by atoms with Crippen LogP contribution in [0.25, 0.3) is 0 Å². The van der Waals surface area contributed by atoms with Crippen LogP contribution in [0.15, 0.2) is 72.8 Å². The van der Waals surface area contributed by atoms with Crippen molar-refractivity contribution in [3.63, 3.8) is 0 Å². The minimum atomic E-state index is -0.734. The van der Waals surface area contributed by atoms with E-state index in [0.717, 1.165) is 16.7 Å². The first-order chi connectivity index (χ1) is 17.5. The predicted molar refractivity (Wildman–Crippen MR) is 156 cm³/mol. The summed E-state index contributed by atoms with van der Waals surface area (Å²) in [5, 5.41) is 4.68. The topological polar surface area (TPSA) is 49.4 Å². The van der Waals surface area contributed by atoms with Gasteiger partial charge in [-0.3, -0.25) is 9.59 Å². The van der Waals surface area contributed by atoms with Gasteiger partial charge in [-0.25, -0.2) is 0 Å². The molecule has 0 bridgehead atoms. The third-order valence-corrected chi connectivity index (χ3v) is 7.49. The van der Waals surface area contributed by atoms with Crippen LogP contribution in [0.4, 0.5) is 0 Å². The van der Waals surface area contributed by atoms with Gasteiger partial charge < -0.3 is 10.2 Å². The van der Waals surface area contributed by atoms with Crippen LogP contribution in [0.5, 0.6) is 0 Å². The smallest absolute Gasteiger partial charge is 0.243 e. The monoisotopic (exact) mass is 576 g/mol. The number of carbonyl (C=O) groups is 2. The van der Waals surface area contributed by atoms with Crippen molar-refractivity contribution >= 4 is 58.4 Å². The van der Waals surface area contributed by atoms with E-state index in [2.05, 4.69) is 5.32 Å². The SMILES string of the molecule is CC(C)(C)NC(=O)[C@H](Cc1ccccc1)N(Cc1ccc(Cl)cc1Cl)C(=O)CSCc1ccccc1Cl. The number of benzene rings is 3. The highest BCUT2D eigenvalue weighted by Gasteiger charge is 2.32. The van der Waals surface area contributed by atoms with E-state index in [9.17, 15) is 9.59 Å². The lowest BCUT2D eigenvalue weighted by atomic mass is 10.0. The van der Waals surface area contributed by atoms with Gasteiger partial charge in [0, 0.05) is 39.3 Å². The van der Waals surface area contributed by atoms with Gasteiger partial charge in [0.15, 0.2) is 0 Å². The molecule has 0 spiro atoms. The lowest BCUT2D eigenvalue weighted by molar-refractivity contribution is -0.140. The molecular weight excluding hydrogens is 547 g/mol. The van der Waals surface area contributed by atoms with Gasteiger partial charge in [-0.05, 0) is 55.7 Å². The van der Waals surface area contributed by atoms with Crippen molar-refractivity contribution in [1.82, 2.24) is 10.2 Å². The lowest BCUT2D eigenvalue weighted by Gasteiger charge is -2.34. The van der Waals surface area contributed by atoms with Crippen molar-refractivity contribution in [3.8, 4) is 0 Å². The maximum Gasteiger partial charge on any atom is 0.243 e. The first-order valence-corrected chi connectivity index (χ1v) is 14.2. The lowest BCUT2D eigenvalue weighted by Crippen LogP contribution is -2.54. The fourth-order valence-corrected chi connectivity index (χ4v) is 5.45. The van der Waals surface area contributed by atoms with E-state index < -0.39 is 11.6 Å². The van der Waals surface area contributed by atoms with Crippen molar-refractivity contribution in [1.29, 1.82) is 0 Å². The molecule has 0 saturated carbocycles. The highest BCUT2D eigenvalue weighted by atomic mass is 35.5. The van der Waals surface area contributed by atoms with Gasteiger partial charge in [0.2, 0.25) is 11.8 Å². The molecule has 0 unspecified atom stereocenters. The third kappa shape index (κ3) is 9.26. The first kappa shape index (κ1) is 29.4. The molecule has 0 aliphatic rings. The second kappa shape index (κ2) is 13.6. The zero-order valence-electron chi connectivity index (χ0n) is 21.1. The van der Waals surface area contributed by atoms with Crippen LogP contribution in [-0.4, -0.2) is 34.0 Å². The summed E-state index contributed by atoms with van der Waals surface area (Å²) in [5.41, 5.74) is 2.18. The first-order valence-electron chi connectivity index (χ1n) is 11.9. The Morgan fingerprint density at radius 1 is 0.892 bits per heavy atom. The van der Waals surface area contributed by atoms with E-state index in [4.69, 9.17) is 34.8 Å². The van der Waals surface area contributed by atoms with Gasteiger partial charge in [-0.15, -0.1) is 11.8 Å². The van der Waals surface area contributed by atoms with Crippen molar-refractivity contribution < 1.29 is 9.59 Å². The number of hydrogen-bond acceptors (Lipinski definition) is 3. The van der Waals surface area contributed by atoms with Crippen LogP contribution < -0.4 is 5.32 Å². The van der Waals surface area contributed by atoms with Crippen molar-refractivity contribution in [2.45, 2.75) is 51.1 Å². The Hall–Kier alpha value is -2.18. The highest BCUT2D eigenvalue weighted by Crippen LogP contribution is 2.26. The largest absolute Gasteiger partial charge is 0.350 e. The Labute approximate surface area is 238 Å². The van der Waals surface area contributed by atoms with Crippen molar-refractivity contribution in [2.24, 2.45) is 0 Å². The number of hydrogen-bond donors (Lipinski definition) is 1. The zero-order chi connectivity index (χ0) is 27.0. The summed E-state index contributed by atoms with van der Waals surface area (Å²) in [6, 6.07) is 21.7. The quantitative estimate of drug-likeness (QED) is 0.272. The number of thioether (sulfide) groups is 1. The normalized spacial score (nSPS) is 12.2. The Morgan fingerprint density at radius 3 is 2.22 bits per heavy atom. The molecule has 8 heteroatoms. The summed E-state index contributed by atoms with van der Waals surface area (Å²) in [6.45, 7) is 5.95. The van der Waals surface area contributed by atoms with Crippen LogP contribution >= 0.6 is 46.6 Å². The number of carbonyl (C=O) groups excluding carboxylic acids is 2. The summed E-state index contributed by atoms with van der Waals surface area (Å²) < 4.78 is 0. The molecule has 3 aromatic rings. The second-order valence-electron chi connectivity index (χ2n) is 9.79. The molecular formula is C29H31Cl3N2O2S. The Balaban J connectivity index is 1.91. The van der Waals surface area contributed by atoms with E-state index in [-0.39, 0.29) is 24.1 Å². The molecule has 0 saturated heterocycles. The van der Waals surface area contributed by atoms with Gasteiger partial charge in [0.25, 0.3) is 0 Å². The molecule has 0 aromatic heterocycles. The maximum atomic E-state index is 13.7. The van der Waals surface area contributed by atoms with Crippen LogP contribution in [0.2, 0.25) is 15.1 Å². The fourth-order valence-electron chi connectivity index (χ4n) is 3.79. The van der Waals surface area contributed by atoms with Gasteiger partial charge in [0.1, 0.15) is 6.04 Å². The van der Waals surface area contributed by atoms with E-state index >= 15 is 0 Å². The average molecular weight is 578 g/mol. The van der Waals surface area contributed by atoms with Gasteiger partial charge >= 0.3 is 0 Å². The van der Waals surface area contributed by atoms with Crippen LogP contribution in [0.3, 0.4) is 0 Å². The molecule has 0 fully saturated rings. The predicted octanol–water partition coefficient (Wildman–Crippen LogP) is 7.43. The minimum absolute atomic E-state index is 0.159. The summed E-state index contributed by atoms with van der Waals surface area (Å²) in [6.07, 6.45) is 0.370. The Morgan fingerprint density at radius 2 is 1.57 bits per heavy atom. The van der Waals surface area contributed by atoms with E-state index in [1.165, 1.54) is 11.8 Å². The molecule has 37 heavy (non-hydrogen) atoms. The molecule has 0 aliphatic heterocycles. The summed E-state index contributed by atoms with van der Waals surface area (Å²) >= 11 is 20.4. The molecule has 0 radical (unpaired) electrons. The van der Waals surface area contributed by atoms with Crippen LogP contribution in [0, 0.1) is 0 Å². The number of nitrogens with zero attached hydrogens (tertiary/aromatic N) is 1. The zero-order valence-corrected chi connectivity index (χ0v) is 24.2. The molecule has 0 heterocycles. The van der Waals surface area contributed by atoms with Crippen LogP contribution in [0.1, 0.15) is 37.5 Å². The molecule has 4 nitrogen and oxygen atoms in total. The molecule has 2 amide bonds. The number of halogens is 3. The summed E-state index contributed by atoms with van der Waals surface area (Å²) in [4.78, 5) is 28.9. The van der Waals surface area contributed by atoms with Crippen molar-refractivity contribution in [2.75, 3.05) is 5.75 Å². The van der Waals surface area contributed by atoms with Gasteiger partial charge in [-0.1, -0.05) is 89.4 Å². The Kier molecular flexibility index (Phi) is 10.8. The molecule has 0 aliphatic carbocycles. The standard InChI is InChI=1S/C29H31Cl3N2O2S/c1-29(2,3)33-28(36)26(15-20-9-5-4-6-10-20)34(17-21-13-14-23(30)16-25(21)32)27(35)19-37-18-22-11-7-8-12-24(22)31/h4-14,16,26H,15,17-19H2,1-3H3,(H,33,36)/t26-/m0/s1. The van der Waals surface area contributed by atoms with E-state index in [1.807, 2.05) is 75.4 Å². The second-order valence-corrected chi connectivity index (χ2v) is 12.0. The average Bonchev–Trinajstić information content (AvgIpc) is 2.83. The van der Waals surface area contributed by atoms with E-state index in [0.29, 0.717) is 27.2 Å². The minimum Gasteiger partial charge on any atom is -0.350 e. The van der Waals surface area contributed by atoms with E-state index in [1.54, 1.807) is 23.1 Å². The molecule has 3 aromatic carbocycles. The van der Waals surface area contributed by atoms with Crippen molar-refractivity contribution in [3.05, 3.63) is 105 Å². The maximum absolute atomic E-state index is 13.7. The molecule has 1 N–H and O–H groups in total. The summed E-state index contributed by atoms with van der Waals surface area (Å²) in [7, 11) is 0. The molecule has 1 atom stereocenters. The number of rotatable bonds is 10.